The molecule has 1 aliphatic heterocycles. The molecule has 0 bridgehead atoms. The molecule has 0 saturated carbocycles. The van der Waals surface area contributed by atoms with Crippen LogP contribution in [-0.4, -0.2) is 67.8 Å². The van der Waals surface area contributed by atoms with Crippen LogP contribution < -0.4 is 10.1 Å². The summed E-state index contributed by atoms with van der Waals surface area (Å²) >= 11 is 0. The number of H-pyrrole nitrogens is 2. The van der Waals surface area contributed by atoms with E-state index >= 15 is 0 Å². The quantitative estimate of drug-likeness (QED) is 0.185. The smallest absolute Gasteiger partial charge is 0.138 e. The fourth-order valence-corrected chi connectivity index (χ4v) is 5.75. The van der Waals surface area contributed by atoms with Crippen LogP contribution in [0.1, 0.15) is 25.3 Å². The molecule has 1 aliphatic rings. The Labute approximate surface area is 248 Å². The fourth-order valence-electron chi connectivity index (χ4n) is 5.75. The molecule has 0 amide bonds. The molecule has 6 aromatic rings. The van der Waals surface area contributed by atoms with E-state index in [9.17, 15) is 4.39 Å². The Bertz CT molecular complexity index is 1890. The molecule has 0 spiro atoms. The molecular formula is C33H33FN8O. The number of aromatic nitrogens is 6. The molecule has 1 aromatic carbocycles. The second kappa shape index (κ2) is 11.9. The highest BCUT2D eigenvalue weighted by atomic mass is 19.1. The van der Waals surface area contributed by atoms with E-state index in [1.807, 2.05) is 42.7 Å². The zero-order valence-electron chi connectivity index (χ0n) is 24.0. The number of fused-ring (bicyclic) bond motifs is 2. The Morgan fingerprint density at radius 1 is 1.02 bits per heavy atom. The van der Waals surface area contributed by atoms with E-state index in [0.717, 1.165) is 82.8 Å². The van der Waals surface area contributed by atoms with Crippen molar-refractivity contribution in [3.05, 3.63) is 78.5 Å². The van der Waals surface area contributed by atoms with E-state index in [1.165, 1.54) is 25.0 Å². The van der Waals surface area contributed by atoms with Crippen molar-refractivity contribution in [1.82, 2.24) is 40.3 Å². The summed E-state index contributed by atoms with van der Waals surface area (Å²) in [6, 6.07) is 14.8. The van der Waals surface area contributed by atoms with Crippen LogP contribution in [0.25, 0.3) is 55.8 Å². The third-order valence-electron chi connectivity index (χ3n) is 7.92. The Balaban J connectivity index is 1.20. The molecule has 1 fully saturated rings. The van der Waals surface area contributed by atoms with Gasteiger partial charge in [0.2, 0.25) is 0 Å². The third-order valence-corrected chi connectivity index (χ3v) is 7.92. The van der Waals surface area contributed by atoms with Gasteiger partial charge >= 0.3 is 0 Å². The lowest BCUT2D eigenvalue weighted by Crippen LogP contribution is -2.25. The van der Waals surface area contributed by atoms with Gasteiger partial charge in [0.05, 0.1) is 16.9 Å². The Kier molecular flexibility index (Phi) is 7.53. The topological polar surface area (TPSA) is 108 Å². The number of rotatable bonds is 10. The molecule has 0 aliphatic carbocycles. The normalized spacial score (nSPS) is 13.8. The van der Waals surface area contributed by atoms with Gasteiger partial charge in [-0.3, -0.25) is 15.0 Å². The zero-order chi connectivity index (χ0) is 29.2. The summed E-state index contributed by atoms with van der Waals surface area (Å²) < 4.78 is 20.7. The molecule has 1 saturated heterocycles. The minimum absolute atomic E-state index is 0.339. The fraction of sp³-hybridized carbons (Fsp3) is 0.273. The summed E-state index contributed by atoms with van der Waals surface area (Å²) in [5, 5.41) is 11.9. The number of nitrogens with one attached hydrogen (secondary N) is 3. The van der Waals surface area contributed by atoms with Crippen molar-refractivity contribution >= 4 is 22.1 Å². The second-order valence-corrected chi connectivity index (χ2v) is 10.9. The molecule has 0 atom stereocenters. The number of aromatic amines is 2. The van der Waals surface area contributed by atoms with Gasteiger partial charge in [-0.25, -0.2) is 14.4 Å². The average Bonchev–Trinajstić information content (AvgIpc) is 3.79. The molecule has 218 valence electrons. The second-order valence-electron chi connectivity index (χ2n) is 10.9. The summed E-state index contributed by atoms with van der Waals surface area (Å²) in [6.45, 7) is 7.30. The highest BCUT2D eigenvalue weighted by molar-refractivity contribution is 5.99. The highest BCUT2D eigenvalue weighted by Crippen LogP contribution is 2.35. The molecule has 5 aromatic heterocycles. The van der Waals surface area contributed by atoms with Crippen molar-refractivity contribution in [2.24, 2.45) is 0 Å². The third kappa shape index (κ3) is 5.71. The van der Waals surface area contributed by atoms with Crippen LogP contribution in [0.5, 0.6) is 5.75 Å². The maximum atomic E-state index is 14.8. The van der Waals surface area contributed by atoms with Gasteiger partial charge in [0, 0.05) is 48.7 Å². The van der Waals surface area contributed by atoms with Gasteiger partial charge in [-0.2, -0.15) is 5.10 Å². The highest BCUT2D eigenvalue weighted by Gasteiger charge is 2.17. The first-order chi connectivity index (χ1) is 21.1. The van der Waals surface area contributed by atoms with Crippen LogP contribution in [0.4, 0.5) is 4.39 Å². The Morgan fingerprint density at radius 2 is 1.93 bits per heavy atom. The maximum absolute atomic E-state index is 14.8. The molecule has 0 unspecified atom stereocenters. The zero-order valence-corrected chi connectivity index (χ0v) is 24.0. The largest absolute Gasteiger partial charge is 0.492 e. The van der Waals surface area contributed by atoms with Crippen LogP contribution in [-0.2, 0) is 6.54 Å². The minimum Gasteiger partial charge on any atom is -0.492 e. The van der Waals surface area contributed by atoms with Crippen LogP contribution in [0.15, 0.2) is 67.1 Å². The molecular weight excluding hydrogens is 543 g/mol. The molecule has 7 rings (SSSR count). The van der Waals surface area contributed by atoms with Gasteiger partial charge in [0.25, 0.3) is 0 Å². The summed E-state index contributed by atoms with van der Waals surface area (Å²) in [4.78, 5) is 19.7. The van der Waals surface area contributed by atoms with Crippen molar-refractivity contribution in [3.8, 4) is 39.5 Å². The van der Waals surface area contributed by atoms with Gasteiger partial charge in [0.15, 0.2) is 0 Å². The van der Waals surface area contributed by atoms with Crippen LogP contribution in [0, 0.1) is 5.82 Å². The minimum atomic E-state index is -0.339. The van der Waals surface area contributed by atoms with Crippen LogP contribution >= 0.6 is 0 Å². The summed E-state index contributed by atoms with van der Waals surface area (Å²) in [7, 11) is 0. The lowest BCUT2D eigenvalue weighted by molar-refractivity contribution is 0.237. The molecule has 10 heteroatoms. The van der Waals surface area contributed by atoms with Gasteiger partial charge in [-0.05, 0) is 91.6 Å². The Hall–Kier alpha value is -4.67. The van der Waals surface area contributed by atoms with Crippen molar-refractivity contribution in [2.45, 2.75) is 26.3 Å². The van der Waals surface area contributed by atoms with E-state index in [1.54, 1.807) is 6.20 Å². The van der Waals surface area contributed by atoms with E-state index in [2.05, 4.69) is 48.4 Å². The number of ether oxygens (including phenoxy) is 1. The first-order valence-electron chi connectivity index (χ1n) is 14.8. The molecule has 6 heterocycles. The number of nitrogens with zero attached hydrogens (tertiary/aromatic N) is 5. The SMILES string of the molecule is CCNCc1cncc(-c2ccc3[nH]nc(-c4cc5c(-c6cc(F)cc(OCCN7CCCC7)c6)ccnc5[nH]4)c3n2)c1. The van der Waals surface area contributed by atoms with Crippen molar-refractivity contribution in [1.29, 1.82) is 0 Å². The van der Waals surface area contributed by atoms with Gasteiger partial charge in [0.1, 0.15) is 35.0 Å². The molecule has 3 N–H and O–H groups in total. The maximum Gasteiger partial charge on any atom is 0.138 e. The monoisotopic (exact) mass is 576 g/mol. The van der Waals surface area contributed by atoms with Gasteiger partial charge in [-0.15, -0.1) is 0 Å². The molecule has 0 radical (unpaired) electrons. The summed E-state index contributed by atoms with van der Waals surface area (Å²) in [5.41, 5.74) is 8.13. The van der Waals surface area contributed by atoms with Crippen LogP contribution in [0.2, 0.25) is 0 Å². The molecule has 9 nitrogen and oxygen atoms in total. The first kappa shape index (κ1) is 27.2. The summed E-state index contributed by atoms with van der Waals surface area (Å²) in [5.74, 6) is 0.183. The average molecular weight is 577 g/mol. The number of hydrogen-bond donors (Lipinski definition) is 3. The lowest BCUT2D eigenvalue weighted by atomic mass is 10.0. The predicted molar refractivity (Wildman–Crippen MR) is 166 cm³/mol. The van der Waals surface area contributed by atoms with Crippen molar-refractivity contribution in [2.75, 3.05) is 32.8 Å². The van der Waals surface area contributed by atoms with E-state index in [0.29, 0.717) is 23.7 Å². The van der Waals surface area contributed by atoms with Gasteiger partial charge < -0.3 is 15.0 Å². The number of halogens is 1. The van der Waals surface area contributed by atoms with E-state index in [-0.39, 0.29) is 5.82 Å². The van der Waals surface area contributed by atoms with Crippen molar-refractivity contribution < 1.29 is 9.13 Å². The number of pyridine rings is 3. The standard InChI is InChI=1S/C33H33FN8O/c1-2-35-18-21-13-23(20-36-19-21)28-5-6-29-31(38-28)32(41-40-29)30-17-27-26(7-8-37-33(27)39-30)22-14-24(34)16-25(15-22)43-12-11-42-9-3-4-10-42/h5-8,13-17,19-20,35H,2-4,9-12,18H2,1H3,(H,37,39)(H,40,41). The Morgan fingerprint density at radius 3 is 2.81 bits per heavy atom. The summed E-state index contributed by atoms with van der Waals surface area (Å²) in [6.07, 6.45) is 7.88. The predicted octanol–water partition coefficient (Wildman–Crippen LogP) is 5.95. The number of hydrogen-bond acceptors (Lipinski definition) is 7. The first-order valence-corrected chi connectivity index (χ1v) is 14.8. The van der Waals surface area contributed by atoms with E-state index in [4.69, 9.17) is 9.72 Å². The van der Waals surface area contributed by atoms with Crippen LogP contribution in [0.3, 0.4) is 0 Å². The van der Waals surface area contributed by atoms with E-state index < -0.39 is 0 Å². The lowest BCUT2D eigenvalue weighted by Gasteiger charge is -2.15. The number of benzene rings is 1. The number of likely N-dealkylation sites (tertiary alicyclic amines) is 1. The van der Waals surface area contributed by atoms with Gasteiger partial charge in [-0.1, -0.05) is 6.92 Å². The van der Waals surface area contributed by atoms with Crippen molar-refractivity contribution in [3.63, 3.8) is 0 Å². The molecule has 43 heavy (non-hydrogen) atoms.